The topological polar surface area (TPSA) is 46.2 Å². The molecule has 0 aromatic heterocycles. The molecule has 0 saturated heterocycles. The summed E-state index contributed by atoms with van der Waals surface area (Å²) in [6.45, 7) is 0. The van der Waals surface area contributed by atoms with Gasteiger partial charge in [-0.1, -0.05) is 11.8 Å². The minimum atomic E-state index is 0.199. The number of rotatable bonds is 2. The average molecular weight is 343 g/mol. The predicted octanol–water partition coefficient (Wildman–Crippen LogP) is 3.73. The molecule has 0 amide bonds. The lowest BCUT2D eigenvalue weighted by Gasteiger charge is -2.05. The van der Waals surface area contributed by atoms with Gasteiger partial charge in [0, 0.05) is 25.1 Å². The van der Waals surface area contributed by atoms with Crippen molar-refractivity contribution in [3.05, 3.63) is 46.0 Å². The summed E-state index contributed by atoms with van der Waals surface area (Å²) in [7, 11) is 0. The van der Waals surface area contributed by atoms with Gasteiger partial charge in [-0.05, 0) is 59.0 Å². The van der Waals surface area contributed by atoms with E-state index in [-0.39, 0.29) is 5.75 Å². The first-order valence-electron chi connectivity index (χ1n) is 4.67. The molecule has 2 aromatic carbocycles. The molecule has 0 aliphatic carbocycles. The van der Waals surface area contributed by atoms with Gasteiger partial charge in [0.05, 0.1) is 0 Å². The average Bonchev–Trinajstić information content (AvgIpc) is 2.25. The van der Waals surface area contributed by atoms with Gasteiger partial charge < -0.3 is 10.8 Å². The molecule has 82 valence electrons. The maximum absolute atomic E-state index is 9.25. The molecule has 0 unspecified atom stereocenters. The van der Waals surface area contributed by atoms with E-state index in [0.29, 0.717) is 5.69 Å². The first-order chi connectivity index (χ1) is 7.65. The Kier molecular flexibility index (Phi) is 3.60. The van der Waals surface area contributed by atoms with Crippen LogP contribution >= 0.6 is 34.4 Å². The molecule has 2 aromatic rings. The van der Waals surface area contributed by atoms with Crippen molar-refractivity contribution in [3.63, 3.8) is 0 Å². The first-order valence-corrected chi connectivity index (χ1v) is 6.56. The number of benzene rings is 2. The Balaban J connectivity index is 2.23. The van der Waals surface area contributed by atoms with Crippen molar-refractivity contribution in [2.45, 2.75) is 9.79 Å². The van der Waals surface area contributed by atoms with Gasteiger partial charge in [0.15, 0.2) is 0 Å². The van der Waals surface area contributed by atoms with E-state index in [1.54, 1.807) is 23.9 Å². The fourth-order valence-corrected chi connectivity index (χ4v) is 2.46. The number of nitrogens with two attached hydrogens (primary N) is 1. The minimum absolute atomic E-state index is 0.199. The predicted molar refractivity (Wildman–Crippen MR) is 75.8 cm³/mol. The smallest absolute Gasteiger partial charge is 0.117 e. The SMILES string of the molecule is Nc1cc(O)ccc1Sc1ccc(I)cc1. The largest absolute Gasteiger partial charge is 0.508 e. The number of aromatic hydroxyl groups is 1. The summed E-state index contributed by atoms with van der Waals surface area (Å²) in [6.07, 6.45) is 0. The Morgan fingerprint density at radius 2 is 1.75 bits per heavy atom. The summed E-state index contributed by atoms with van der Waals surface area (Å²) in [5.74, 6) is 0.199. The normalized spacial score (nSPS) is 10.3. The highest BCUT2D eigenvalue weighted by molar-refractivity contribution is 14.1. The van der Waals surface area contributed by atoms with Crippen molar-refractivity contribution < 1.29 is 5.11 Å². The molecule has 0 heterocycles. The van der Waals surface area contributed by atoms with Crippen LogP contribution in [0.4, 0.5) is 5.69 Å². The maximum atomic E-state index is 9.25. The molecule has 0 atom stereocenters. The van der Waals surface area contributed by atoms with Gasteiger partial charge in [-0.25, -0.2) is 0 Å². The van der Waals surface area contributed by atoms with Crippen LogP contribution in [0.3, 0.4) is 0 Å². The monoisotopic (exact) mass is 343 g/mol. The second kappa shape index (κ2) is 4.97. The maximum Gasteiger partial charge on any atom is 0.117 e. The number of halogens is 1. The first kappa shape index (κ1) is 11.6. The summed E-state index contributed by atoms with van der Waals surface area (Å²) < 4.78 is 1.21. The highest BCUT2D eigenvalue weighted by atomic mass is 127. The van der Waals surface area contributed by atoms with Crippen LogP contribution in [0.2, 0.25) is 0 Å². The van der Waals surface area contributed by atoms with E-state index in [0.717, 1.165) is 9.79 Å². The Labute approximate surface area is 112 Å². The lowest BCUT2D eigenvalue weighted by Crippen LogP contribution is -1.87. The number of anilines is 1. The quantitative estimate of drug-likeness (QED) is 0.645. The van der Waals surface area contributed by atoms with Gasteiger partial charge in [-0.3, -0.25) is 0 Å². The van der Waals surface area contributed by atoms with Gasteiger partial charge in [-0.2, -0.15) is 0 Å². The molecule has 0 aliphatic heterocycles. The van der Waals surface area contributed by atoms with Gasteiger partial charge in [0.25, 0.3) is 0 Å². The van der Waals surface area contributed by atoms with E-state index in [4.69, 9.17) is 5.73 Å². The summed E-state index contributed by atoms with van der Waals surface area (Å²) in [6, 6.07) is 13.3. The lowest BCUT2D eigenvalue weighted by atomic mass is 10.3. The molecule has 0 saturated carbocycles. The number of phenols is 1. The molecule has 0 aliphatic rings. The summed E-state index contributed by atoms with van der Waals surface area (Å²) in [5, 5.41) is 9.25. The van der Waals surface area contributed by atoms with Crippen LogP contribution in [0, 0.1) is 3.57 Å². The van der Waals surface area contributed by atoms with Gasteiger partial charge in [-0.15, -0.1) is 0 Å². The van der Waals surface area contributed by atoms with Gasteiger partial charge in [0.2, 0.25) is 0 Å². The molecule has 2 nitrogen and oxygen atoms in total. The van der Waals surface area contributed by atoms with Crippen LogP contribution in [0.5, 0.6) is 5.75 Å². The second-order valence-corrected chi connectivity index (χ2v) is 5.64. The Hall–Kier alpha value is -0.880. The second-order valence-electron chi connectivity index (χ2n) is 3.28. The molecule has 2 rings (SSSR count). The third-order valence-electron chi connectivity index (χ3n) is 2.03. The zero-order valence-electron chi connectivity index (χ0n) is 8.35. The van der Waals surface area contributed by atoms with Crippen LogP contribution in [-0.4, -0.2) is 5.11 Å². The molecule has 4 heteroatoms. The standard InChI is InChI=1S/C12H10INOS/c13-8-1-4-10(5-2-8)16-12-6-3-9(15)7-11(12)14/h1-7,15H,14H2. The summed E-state index contributed by atoms with van der Waals surface area (Å²) >= 11 is 3.86. The van der Waals surface area contributed by atoms with Crippen LogP contribution in [0.1, 0.15) is 0 Å². The van der Waals surface area contributed by atoms with Crippen LogP contribution in [-0.2, 0) is 0 Å². The molecule has 0 fully saturated rings. The van der Waals surface area contributed by atoms with Gasteiger partial charge in [0.1, 0.15) is 5.75 Å². The van der Waals surface area contributed by atoms with Crippen molar-refractivity contribution >= 4 is 40.0 Å². The molecule has 0 radical (unpaired) electrons. The number of phenolic OH excluding ortho intramolecular Hbond substituents is 1. The molecular weight excluding hydrogens is 333 g/mol. The van der Waals surface area contributed by atoms with E-state index in [9.17, 15) is 5.11 Å². The highest BCUT2D eigenvalue weighted by Gasteiger charge is 2.02. The van der Waals surface area contributed by atoms with E-state index < -0.39 is 0 Å². The summed E-state index contributed by atoms with van der Waals surface area (Å²) in [4.78, 5) is 2.09. The number of hydrogen-bond donors (Lipinski definition) is 2. The Morgan fingerprint density at radius 3 is 2.38 bits per heavy atom. The molecular formula is C12H10INOS. The third kappa shape index (κ3) is 2.82. The van der Waals surface area contributed by atoms with E-state index in [1.807, 2.05) is 6.07 Å². The molecule has 3 N–H and O–H groups in total. The van der Waals surface area contributed by atoms with Crippen molar-refractivity contribution in [2.24, 2.45) is 0 Å². The molecule has 16 heavy (non-hydrogen) atoms. The molecule has 0 spiro atoms. The summed E-state index contributed by atoms with van der Waals surface area (Å²) in [5.41, 5.74) is 6.42. The van der Waals surface area contributed by atoms with Crippen molar-refractivity contribution in [1.29, 1.82) is 0 Å². The van der Waals surface area contributed by atoms with Crippen LogP contribution in [0.25, 0.3) is 0 Å². The third-order valence-corrected chi connectivity index (χ3v) is 3.85. The van der Waals surface area contributed by atoms with Crippen molar-refractivity contribution in [1.82, 2.24) is 0 Å². The lowest BCUT2D eigenvalue weighted by molar-refractivity contribution is 0.475. The minimum Gasteiger partial charge on any atom is -0.508 e. The fraction of sp³-hybridized carbons (Fsp3) is 0. The Bertz CT molecular complexity index is 499. The van der Waals surface area contributed by atoms with Crippen LogP contribution in [0.15, 0.2) is 52.3 Å². The zero-order valence-corrected chi connectivity index (χ0v) is 11.3. The van der Waals surface area contributed by atoms with E-state index in [1.165, 1.54) is 3.57 Å². The van der Waals surface area contributed by atoms with E-state index in [2.05, 4.69) is 46.9 Å². The zero-order chi connectivity index (χ0) is 11.5. The number of nitrogen functional groups attached to an aromatic ring is 1. The van der Waals surface area contributed by atoms with Gasteiger partial charge >= 0.3 is 0 Å². The van der Waals surface area contributed by atoms with Crippen LogP contribution < -0.4 is 5.73 Å². The fourth-order valence-electron chi connectivity index (χ4n) is 1.26. The van der Waals surface area contributed by atoms with Crippen molar-refractivity contribution in [3.8, 4) is 5.75 Å². The Morgan fingerprint density at radius 1 is 1.06 bits per heavy atom. The molecule has 0 bridgehead atoms. The highest BCUT2D eigenvalue weighted by Crippen LogP contribution is 2.33. The van der Waals surface area contributed by atoms with Crippen molar-refractivity contribution in [2.75, 3.05) is 5.73 Å². The number of hydrogen-bond acceptors (Lipinski definition) is 3. The van der Waals surface area contributed by atoms with E-state index >= 15 is 0 Å².